The quantitative estimate of drug-likeness (QED) is 0.247. The van der Waals surface area contributed by atoms with Gasteiger partial charge in [-0.25, -0.2) is 0 Å². The van der Waals surface area contributed by atoms with E-state index in [0.717, 1.165) is 12.8 Å². The second kappa shape index (κ2) is 21.0. The maximum absolute atomic E-state index is 10.3. The molecule has 3 heteroatoms. The molecule has 0 aliphatic heterocycles. The third-order valence-electron chi connectivity index (χ3n) is 3.99. The van der Waals surface area contributed by atoms with Gasteiger partial charge < -0.3 is 5.11 Å². The number of hydrogen-bond donors (Lipinski definition) is 1. The first kappa shape index (κ1) is 24.3. The van der Waals surface area contributed by atoms with Crippen LogP contribution in [0, 0.1) is 0 Å². The van der Waals surface area contributed by atoms with Crippen LogP contribution in [0.4, 0.5) is 0 Å². The van der Waals surface area contributed by atoms with Crippen LogP contribution >= 0.6 is 0 Å². The van der Waals surface area contributed by atoms with Gasteiger partial charge in [-0.1, -0.05) is 96.8 Å². The van der Waals surface area contributed by atoms with Crippen molar-refractivity contribution in [1.29, 1.82) is 0 Å². The van der Waals surface area contributed by atoms with Crippen LogP contribution < -0.4 is 0 Å². The number of carboxylic acid groups (broad SMARTS) is 1. The summed E-state index contributed by atoms with van der Waals surface area (Å²) in [5, 5.41) is 8.52. The Balaban J connectivity index is 0. The molecule has 0 rings (SSSR count). The first-order chi connectivity index (χ1) is 9.77. The second-order valence-electron chi connectivity index (χ2n) is 6.09. The van der Waals surface area contributed by atoms with Crippen LogP contribution in [-0.2, 0) is 4.79 Å². The van der Waals surface area contributed by atoms with Crippen molar-refractivity contribution in [3.05, 3.63) is 0 Å². The first-order valence-corrected chi connectivity index (χ1v) is 8.99. The average molecular weight is 422 g/mol. The minimum absolute atomic E-state index is 0. The number of aliphatic carboxylic acids is 1. The molecule has 0 saturated heterocycles. The summed E-state index contributed by atoms with van der Waals surface area (Å²) in [6.45, 7) is 2.27. The maximum atomic E-state index is 10.3. The zero-order valence-electron chi connectivity index (χ0n) is 14.4. The molecule has 0 aromatic heterocycles. The van der Waals surface area contributed by atoms with Crippen LogP contribution in [0.1, 0.15) is 110 Å². The average Bonchev–Trinajstić information content (AvgIpc) is 2.43. The Morgan fingerprint density at radius 1 is 0.619 bits per heavy atom. The molecule has 0 saturated carbocycles. The summed E-state index contributed by atoms with van der Waals surface area (Å²) in [6.07, 6.45) is 20.2. The Hall–Kier alpha value is 1.04. The molecule has 0 aliphatic rings. The number of unbranched alkanes of at least 4 members (excludes halogenated alkanes) is 14. The van der Waals surface area contributed by atoms with Gasteiger partial charge in [0.25, 0.3) is 0 Å². The largest absolute Gasteiger partial charge is 0.481 e. The van der Waals surface area contributed by atoms with Crippen LogP contribution in [0.15, 0.2) is 0 Å². The molecule has 0 aliphatic carbocycles. The summed E-state index contributed by atoms with van der Waals surface area (Å²) in [7, 11) is 0. The topological polar surface area (TPSA) is 37.3 Å². The maximum Gasteiger partial charge on any atom is 0.303 e. The van der Waals surface area contributed by atoms with Crippen molar-refractivity contribution in [2.45, 2.75) is 110 Å². The SMILES string of the molecule is CCCCCCCCCCCCCCCCCC(=O)O.[Ba]. The van der Waals surface area contributed by atoms with Crippen molar-refractivity contribution in [2.75, 3.05) is 0 Å². The summed E-state index contributed by atoms with van der Waals surface area (Å²) in [5.41, 5.74) is 0. The van der Waals surface area contributed by atoms with Gasteiger partial charge in [-0.2, -0.15) is 0 Å². The minimum Gasteiger partial charge on any atom is -0.481 e. The summed E-state index contributed by atoms with van der Waals surface area (Å²) in [4.78, 5) is 10.3. The predicted molar refractivity (Wildman–Crippen MR) is 92.9 cm³/mol. The molecule has 0 amide bonds. The Morgan fingerprint density at radius 3 is 1.19 bits per heavy atom. The molecule has 0 bridgehead atoms. The van der Waals surface area contributed by atoms with E-state index < -0.39 is 5.97 Å². The minimum atomic E-state index is -0.653. The van der Waals surface area contributed by atoms with E-state index >= 15 is 0 Å². The van der Waals surface area contributed by atoms with Gasteiger partial charge in [0.1, 0.15) is 0 Å². The van der Waals surface area contributed by atoms with E-state index in [1.807, 2.05) is 0 Å². The van der Waals surface area contributed by atoms with E-state index in [4.69, 9.17) is 5.11 Å². The van der Waals surface area contributed by atoms with Crippen molar-refractivity contribution in [1.82, 2.24) is 0 Å². The van der Waals surface area contributed by atoms with Gasteiger partial charge in [0.15, 0.2) is 0 Å². The van der Waals surface area contributed by atoms with Crippen molar-refractivity contribution >= 4 is 54.9 Å². The van der Waals surface area contributed by atoms with Gasteiger partial charge in [0, 0.05) is 55.3 Å². The molecule has 2 nitrogen and oxygen atoms in total. The Bertz CT molecular complexity index is 207. The fourth-order valence-corrected chi connectivity index (χ4v) is 2.65. The number of carboxylic acids is 1. The Morgan fingerprint density at radius 2 is 0.905 bits per heavy atom. The molecule has 0 aromatic rings. The molecular formula is C18H36BaO2. The van der Waals surface area contributed by atoms with E-state index in [2.05, 4.69) is 6.92 Å². The smallest absolute Gasteiger partial charge is 0.303 e. The van der Waals surface area contributed by atoms with Gasteiger partial charge in [-0.3, -0.25) is 4.79 Å². The number of rotatable bonds is 16. The van der Waals surface area contributed by atoms with Crippen LogP contribution in [0.2, 0.25) is 0 Å². The molecule has 0 atom stereocenters. The first-order valence-electron chi connectivity index (χ1n) is 8.99. The van der Waals surface area contributed by atoms with Crippen molar-refractivity contribution in [2.24, 2.45) is 0 Å². The third kappa shape index (κ3) is 23.4. The zero-order valence-corrected chi connectivity index (χ0v) is 18.8. The molecular weight excluding hydrogens is 386 g/mol. The van der Waals surface area contributed by atoms with Crippen LogP contribution in [0.5, 0.6) is 0 Å². The van der Waals surface area contributed by atoms with Gasteiger partial charge in [0.2, 0.25) is 0 Å². The third-order valence-corrected chi connectivity index (χ3v) is 3.99. The molecule has 122 valence electrons. The summed E-state index contributed by atoms with van der Waals surface area (Å²) in [5.74, 6) is -0.653. The van der Waals surface area contributed by atoms with Crippen molar-refractivity contribution < 1.29 is 9.90 Å². The van der Waals surface area contributed by atoms with E-state index in [0.29, 0.717) is 6.42 Å². The molecule has 1 N–H and O–H groups in total. The van der Waals surface area contributed by atoms with E-state index in [-0.39, 0.29) is 48.9 Å². The monoisotopic (exact) mass is 422 g/mol. The van der Waals surface area contributed by atoms with Crippen LogP contribution in [-0.4, -0.2) is 60.0 Å². The van der Waals surface area contributed by atoms with Crippen LogP contribution in [0.3, 0.4) is 0 Å². The van der Waals surface area contributed by atoms with E-state index in [1.54, 1.807) is 0 Å². The normalized spacial score (nSPS) is 10.3. The zero-order chi connectivity index (χ0) is 14.9. The van der Waals surface area contributed by atoms with Gasteiger partial charge in [-0.15, -0.1) is 0 Å². The molecule has 0 aromatic carbocycles. The van der Waals surface area contributed by atoms with E-state index in [9.17, 15) is 4.79 Å². The standard InChI is InChI=1S/C18H36O2.Ba/c1-2-3-4-5-6-7-8-9-10-11-12-13-14-15-16-17-18(19)20;/h2-17H2,1H3,(H,19,20);. The number of hydrogen-bond acceptors (Lipinski definition) is 1. The fourth-order valence-electron chi connectivity index (χ4n) is 2.65. The summed E-state index contributed by atoms with van der Waals surface area (Å²) < 4.78 is 0. The van der Waals surface area contributed by atoms with Gasteiger partial charge in [0.05, 0.1) is 0 Å². The van der Waals surface area contributed by atoms with Crippen LogP contribution in [0.25, 0.3) is 0 Å². The molecule has 2 radical (unpaired) electrons. The number of carbonyl (C=O) groups is 1. The predicted octanol–water partition coefficient (Wildman–Crippen LogP) is 5.95. The molecule has 0 spiro atoms. The summed E-state index contributed by atoms with van der Waals surface area (Å²) in [6, 6.07) is 0. The van der Waals surface area contributed by atoms with Gasteiger partial charge in [-0.05, 0) is 6.42 Å². The molecule has 0 fully saturated rings. The Labute approximate surface area is 172 Å². The Kier molecular flexibility index (Phi) is 24.3. The van der Waals surface area contributed by atoms with Gasteiger partial charge >= 0.3 is 5.97 Å². The fraction of sp³-hybridized carbons (Fsp3) is 0.944. The summed E-state index contributed by atoms with van der Waals surface area (Å²) >= 11 is 0. The van der Waals surface area contributed by atoms with E-state index in [1.165, 1.54) is 83.5 Å². The van der Waals surface area contributed by atoms with Crippen molar-refractivity contribution in [3.63, 3.8) is 0 Å². The van der Waals surface area contributed by atoms with Crippen molar-refractivity contribution in [3.8, 4) is 0 Å². The second-order valence-corrected chi connectivity index (χ2v) is 6.09. The molecule has 0 heterocycles. The molecule has 21 heavy (non-hydrogen) atoms. The molecule has 0 unspecified atom stereocenters.